The Morgan fingerprint density at radius 3 is 2.31 bits per heavy atom. The smallest absolute Gasteiger partial charge is 0.210 e. The van der Waals surface area contributed by atoms with Gasteiger partial charge in [-0.05, 0) is 66.5 Å². The molecular formula is C26H25N5S. The van der Waals surface area contributed by atoms with Gasteiger partial charge in [0.15, 0.2) is 5.82 Å². The van der Waals surface area contributed by atoms with Crippen LogP contribution in [0.15, 0.2) is 60.2 Å². The molecule has 0 unspecified atom stereocenters. The number of anilines is 1. The van der Waals surface area contributed by atoms with Gasteiger partial charge in [-0.3, -0.25) is 0 Å². The minimum atomic E-state index is 0.184. The van der Waals surface area contributed by atoms with E-state index in [9.17, 15) is 0 Å². The summed E-state index contributed by atoms with van der Waals surface area (Å²) in [6, 6.07) is 18.4. The van der Waals surface area contributed by atoms with Crippen molar-refractivity contribution >= 4 is 17.2 Å². The molecule has 0 saturated heterocycles. The topological polar surface area (TPSA) is 54.8 Å². The van der Waals surface area contributed by atoms with Crippen LogP contribution in [0.5, 0.6) is 0 Å². The van der Waals surface area contributed by atoms with Gasteiger partial charge in [0.25, 0.3) is 0 Å². The van der Waals surface area contributed by atoms with Crippen molar-refractivity contribution in [2.45, 2.75) is 44.6 Å². The van der Waals surface area contributed by atoms with Crippen molar-refractivity contribution in [2.75, 3.05) is 11.4 Å². The summed E-state index contributed by atoms with van der Waals surface area (Å²) in [5.74, 6) is 1.23. The maximum atomic E-state index is 4.79. The normalized spacial score (nSPS) is 17.0. The van der Waals surface area contributed by atoms with Crippen LogP contribution in [0.25, 0.3) is 11.6 Å². The van der Waals surface area contributed by atoms with Gasteiger partial charge >= 0.3 is 0 Å². The van der Waals surface area contributed by atoms with Crippen molar-refractivity contribution in [2.24, 2.45) is 0 Å². The van der Waals surface area contributed by atoms with Crippen LogP contribution in [0.2, 0.25) is 0 Å². The number of hydrogen-bond acceptors (Lipinski definition) is 6. The Morgan fingerprint density at radius 2 is 1.66 bits per heavy atom. The fourth-order valence-corrected chi connectivity index (χ4v) is 5.46. The SMILES string of the molecule is Cc1ccc(C2(c3ccc(N4CCc5cnc(-c6ncsn6)nc5C4)cc3)CCC2)cc1. The number of aryl methyl sites for hydroxylation is 1. The first-order valence-corrected chi connectivity index (χ1v) is 12.1. The van der Waals surface area contributed by atoms with Crippen molar-refractivity contribution in [3.05, 3.63) is 88.2 Å². The second-order valence-corrected chi connectivity index (χ2v) is 9.54. The van der Waals surface area contributed by atoms with E-state index in [1.54, 1.807) is 5.51 Å². The van der Waals surface area contributed by atoms with Gasteiger partial charge in [-0.2, -0.15) is 4.37 Å². The van der Waals surface area contributed by atoms with Crippen LogP contribution in [0.4, 0.5) is 5.69 Å². The van der Waals surface area contributed by atoms with Crippen LogP contribution >= 0.6 is 11.5 Å². The molecule has 32 heavy (non-hydrogen) atoms. The van der Waals surface area contributed by atoms with Gasteiger partial charge in [0, 0.05) is 23.8 Å². The number of benzene rings is 2. The third-order valence-electron chi connectivity index (χ3n) is 7.10. The average Bonchev–Trinajstić information content (AvgIpc) is 3.34. The second-order valence-electron chi connectivity index (χ2n) is 8.94. The molecule has 0 amide bonds. The van der Waals surface area contributed by atoms with E-state index in [1.807, 2.05) is 6.20 Å². The van der Waals surface area contributed by atoms with Crippen LogP contribution in [-0.2, 0) is 18.4 Å². The van der Waals surface area contributed by atoms with Gasteiger partial charge < -0.3 is 4.90 Å². The predicted octanol–water partition coefficient (Wildman–Crippen LogP) is 5.34. The van der Waals surface area contributed by atoms with Gasteiger partial charge in [-0.15, -0.1) is 0 Å². The summed E-state index contributed by atoms with van der Waals surface area (Å²) >= 11 is 1.33. The van der Waals surface area contributed by atoms with Gasteiger partial charge in [0.2, 0.25) is 5.82 Å². The zero-order valence-corrected chi connectivity index (χ0v) is 19.0. The average molecular weight is 440 g/mol. The molecule has 6 heteroatoms. The molecule has 4 aromatic rings. The lowest BCUT2D eigenvalue weighted by Crippen LogP contribution is -2.35. The lowest BCUT2D eigenvalue weighted by molar-refractivity contribution is 0.301. The predicted molar refractivity (Wildman–Crippen MR) is 128 cm³/mol. The van der Waals surface area contributed by atoms with E-state index in [1.165, 1.54) is 58.7 Å². The highest BCUT2D eigenvalue weighted by atomic mass is 32.1. The Labute approximate surface area is 192 Å². The summed E-state index contributed by atoms with van der Waals surface area (Å²) in [7, 11) is 0. The molecule has 0 spiro atoms. The fourth-order valence-electron chi connectivity index (χ4n) is 5.04. The molecule has 3 heterocycles. The Morgan fingerprint density at radius 1 is 0.906 bits per heavy atom. The molecule has 1 fully saturated rings. The number of rotatable bonds is 4. The summed E-state index contributed by atoms with van der Waals surface area (Å²) in [6.45, 7) is 3.93. The summed E-state index contributed by atoms with van der Waals surface area (Å²) < 4.78 is 4.28. The Balaban J connectivity index is 1.25. The van der Waals surface area contributed by atoms with Gasteiger partial charge in [-0.1, -0.05) is 48.4 Å². The monoisotopic (exact) mass is 439 g/mol. The Hall–Kier alpha value is -3.12. The molecule has 0 atom stereocenters. The van der Waals surface area contributed by atoms with E-state index < -0.39 is 0 Å². The highest BCUT2D eigenvalue weighted by Gasteiger charge is 2.40. The van der Waals surface area contributed by atoms with Crippen LogP contribution in [0.1, 0.15) is 47.2 Å². The molecule has 2 aliphatic rings. The molecule has 1 aliphatic heterocycles. The lowest BCUT2D eigenvalue weighted by atomic mass is 9.60. The minimum Gasteiger partial charge on any atom is -0.365 e. The zero-order valence-electron chi connectivity index (χ0n) is 18.2. The quantitative estimate of drug-likeness (QED) is 0.430. The maximum Gasteiger partial charge on any atom is 0.210 e. The number of hydrogen-bond donors (Lipinski definition) is 0. The summed E-state index contributed by atoms with van der Waals surface area (Å²) in [5.41, 5.74) is 9.67. The summed E-state index contributed by atoms with van der Waals surface area (Å²) in [5, 5.41) is 0. The fraction of sp³-hybridized carbons (Fsp3) is 0.308. The Bertz CT molecular complexity index is 1230. The first-order valence-electron chi connectivity index (χ1n) is 11.3. The molecule has 1 saturated carbocycles. The molecule has 160 valence electrons. The third-order valence-corrected chi connectivity index (χ3v) is 7.58. The first-order chi connectivity index (χ1) is 15.7. The molecular weight excluding hydrogens is 414 g/mol. The first kappa shape index (κ1) is 19.6. The van der Waals surface area contributed by atoms with Gasteiger partial charge in [0.1, 0.15) is 5.51 Å². The highest BCUT2D eigenvalue weighted by Crippen LogP contribution is 2.49. The van der Waals surface area contributed by atoms with Crippen LogP contribution in [0, 0.1) is 6.92 Å². The zero-order chi connectivity index (χ0) is 21.5. The lowest BCUT2D eigenvalue weighted by Gasteiger charge is -2.43. The molecule has 2 aromatic carbocycles. The van der Waals surface area contributed by atoms with E-state index in [0.717, 1.165) is 25.2 Å². The molecule has 0 radical (unpaired) electrons. The highest BCUT2D eigenvalue weighted by molar-refractivity contribution is 7.03. The largest absolute Gasteiger partial charge is 0.365 e. The van der Waals surface area contributed by atoms with Gasteiger partial charge in [-0.25, -0.2) is 15.0 Å². The second kappa shape index (κ2) is 7.78. The van der Waals surface area contributed by atoms with Crippen LogP contribution < -0.4 is 4.90 Å². The van der Waals surface area contributed by atoms with E-state index in [2.05, 4.69) is 74.7 Å². The molecule has 6 rings (SSSR count). The van der Waals surface area contributed by atoms with Crippen LogP contribution in [-0.4, -0.2) is 25.9 Å². The Kier molecular flexibility index (Phi) is 4.76. The van der Waals surface area contributed by atoms with Gasteiger partial charge in [0.05, 0.1) is 12.2 Å². The van der Waals surface area contributed by atoms with E-state index in [4.69, 9.17) is 4.98 Å². The molecule has 5 nitrogen and oxygen atoms in total. The number of nitrogens with zero attached hydrogens (tertiary/aromatic N) is 5. The van der Waals surface area contributed by atoms with Crippen molar-refractivity contribution in [3.63, 3.8) is 0 Å². The maximum absolute atomic E-state index is 4.79. The minimum absolute atomic E-state index is 0.184. The van der Waals surface area contributed by atoms with Crippen molar-refractivity contribution in [1.82, 2.24) is 19.3 Å². The summed E-state index contributed by atoms with van der Waals surface area (Å²) in [4.78, 5) is 15.9. The third kappa shape index (κ3) is 3.30. The number of fused-ring (bicyclic) bond motifs is 1. The molecule has 1 aliphatic carbocycles. The van der Waals surface area contributed by atoms with E-state index in [0.29, 0.717) is 11.6 Å². The number of aromatic nitrogens is 4. The van der Waals surface area contributed by atoms with Crippen molar-refractivity contribution in [1.29, 1.82) is 0 Å². The molecule has 0 N–H and O–H groups in total. The van der Waals surface area contributed by atoms with Crippen LogP contribution in [0.3, 0.4) is 0 Å². The van der Waals surface area contributed by atoms with E-state index >= 15 is 0 Å². The standard InChI is InChI=1S/C26H25N5S/c1-18-3-5-20(6-4-18)26(12-2-13-26)21-7-9-22(10-8-21)31-14-11-19-15-27-24(29-23(19)16-31)25-28-17-32-30-25/h3-10,15,17H,2,11-14,16H2,1H3. The summed E-state index contributed by atoms with van der Waals surface area (Å²) in [6.07, 6.45) is 6.67. The molecule has 2 aromatic heterocycles. The molecule has 0 bridgehead atoms. The van der Waals surface area contributed by atoms with E-state index in [-0.39, 0.29) is 5.41 Å². The van der Waals surface area contributed by atoms with Crippen molar-refractivity contribution in [3.8, 4) is 11.6 Å². The van der Waals surface area contributed by atoms with Crippen molar-refractivity contribution < 1.29 is 0 Å².